The van der Waals surface area contributed by atoms with Crippen LogP contribution >= 0.6 is 0 Å². The Bertz CT molecular complexity index is 1040. The minimum absolute atomic E-state index is 0.0825. The molecule has 30 heavy (non-hydrogen) atoms. The summed E-state index contributed by atoms with van der Waals surface area (Å²) in [6, 6.07) is 17.1. The van der Waals surface area contributed by atoms with E-state index in [1.807, 2.05) is 30.3 Å². The Morgan fingerprint density at radius 1 is 1.13 bits per heavy atom. The molecule has 154 valence electrons. The highest BCUT2D eigenvalue weighted by atomic mass is 16.5. The molecule has 0 bridgehead atoms. The Balaban J connectivity index is 1.46. The molecule has 0 spiro atoms. The van der Waals surface area contributed by atoms with Gasteiger partial charge in [0.2, 0.25) is 11.9 Å². The maximum absolute atomic E-state index is 11.2. The number of aromatic nitrogens is 2. The maximum Gasteiger partial charge on any atom is 0.248 e. The molecule has 1 atom stereocenters. The number of nitrogens with one attached hydrogen (secondary N) is 1. The summed E-state index contributed by atoms with van der Waals surface area (Å²) < 4.78 is 5.63. The van der Waals surface area contributed by atoms with Crippen LogP contribution in [0.4, 0.5) is 17.3 Å². The molecule has 0 aliphatic carbocycles. The zero-order chi connectivity index (χ0) is 21.1. The number of carbonyl (C=O) groups is 1. The van der Waals surface area contributed by atoms with Crippen LogP contribution in [0.5, 0.6) is 0 Å². The lowest BCUT2D eigenvalue weighted by molar-refractivity contribution is 0.0257. The summed E-state index contributed by atoms with van der Waals surface area (Å²) in [7, 11) is 1.77. The van der Waals surface area contributed by atoms with Crippen molar-refractivity contribution in [3.05, 3.63) is 66.4 Å². The standard InChI is InChI=1S/C23H25N5O2/c1-23(30-2)12-14-28(15-23)19-9-7-18(8-10-19)26-22-25-13-11-20(27-22)16-3-5-17(6-4-16)21(24)29/h3-11,13H,12,14-15H2,1-2H3,(H2,24,29)(H,25,26,27). The number of rotatable bonds is 6. The number of benzene rings is 2. The Hall–Kier alpha value is -3.45. The van der Waals surface area contributed by atoms with E-state index in [1.165, 1.54) is 5.69 Å². The van der Waals surface area contributed by atoms with Gasteiger partial charge in [-0.25, -0.2) is 9.97 Å². The van der Waals surface area contributed by atoms with Crippen LogP contribution in [0.25, 0.3) is 11.3 Å². The van der Waals surface area contributed by atoms with Gasteiger partial charge in [0.1, 0.15) is 0 Å². The molecular formula is C23H25N5O2. The number of ether oxygens (including phenoxy) is 1. The van der Waals surface area contributed by atoms with Gasteiger partial charge in [0.25, 0.3) is 0 Å². The summed E-state index contributed by atoms with van der Waals surface area (Å²) >= 11 is 0. The molecule has 4 rings (SSSR count). The molecule has 1 unspecified atom stereocenters. The van der Waals surface area contributed by atoms with Gasteiger partial charge in [0.05, 0.1) is 11.3 Å². The van der Waals surface area contributed by atoms with Crippen molar-refractivity contribution >= 4 is 23.2 Å². The number of primary amides is 1. The van der Waals surface area contributed by atoms with Crippen LogP contribution < -0.4 is 16.0 Å². The average molecular weight is 403 g/mol. The van der Waals surface area contributed by atoms with Crippen molar-refractivity contribution < 1.29 is 9.53 Å². The molecule has 2 aromatic carbocycles. The van der Waals surface area contributed by atoms with Crippen molar-refractivity contribution in [3.63, 3.8) is 0 Å². The molecule has 1 aliphatic heterocycles. The normalized spacial score (nSPS) is 18.4. The van der Waals surface area contributed by atoms with Gasteiger partial charge in [-0.2, -0.15) is 0 Å². The first-order valence-electron chi connectivity index (χ1n) is 9.86. The minimum atomic E-state index is -0.448. The summed E-state index contributed by atoms with van der Waals surface area (Å²) in [5.74, 6) is 0.0585. The van der Waals surface area contributed by atoms with E-state index in [2.05, 4.69) is 39.2 Å². The fourth-order valence-electron chi connectivity index (χ4n) is 3.59. The first-order valence-corrected chi connectivity index (χ1v) is 9.86. The molecule has 1 aliphatic rings. The second kappa shape index (κ2) is 8.12. The van der Waals surface area contributed by atoms with Gasteiger partial charge >= 0.3 is 0 Å². The first kappa shape index (κ1) is 19.8. The quantitative estimate of drug-likeness (QED) is 0.653. The van der Waals surface area contributed by atoms with Gasteiger partial charge in [-0.15, -0.1) is 0 Å². The highest BCUT2D eigenvalue weighted by Gasteiger charge is 2.33. The number of methoxy groups -OCH3 is 1. The number of hydrogen-bond donors (Lipinski definition) is 2. The molecular weight excluding hydrogens is 378 g/mol. The second-order valence-corrected chi connectivity index (χ2v) is 7.70. The second-order valence-electron chi connectivity index (χ2n) is 7.70. The number of amides is 1. The Morgan fingerprint density at radius 2 is 1.87 bits per heavy atom. The lowest BCUT2D eigenvalue weighted by Gasteiger charge is -2.24. The molecule has 0 radical (unpaired) electrons. The van der Waals surface area contributed by atoms with Gasteiger partial charge in [0, 0.05) is 48.9 Å². The molecule has 7 heteroatoms. The van der Waals surface area contributed by atoms with Crippen LogP contribution in [-0.2, 0) is 4.74 Å². The van der Waals surface area contributed by atoms with E-state index < -0.39 is 5.91 Å². The van der Waals surface area contributed by atoms with E-state index in [1.54, 1.807) is 25.4 Å². The number of hydrogen-bond acceptors (Lipinski definition) is 6. The molecule has 1 fully saturated rings. The predicted octanol–water partition coefficient (Wildman–Crippen LogP) is 3.60. The molecule has 0 saturated carbocycles. The van der Waals surface area contributed by atoms with Crippen LogP contribution in [0.15, 0.2) is 60.8 Å². The fraction of sp³-hybridized carbons (Fsp3) is 0.261. The van der Waals surface area contributed by atoms with Crippen LogP contribution in [-0.4, -0.2) is 41.7 Å². The van der Waals surface area contributed by atoms with E-state index in [-0.39, 0.29) is 5.60 Å². The molecule has 1 saturated heterocycles. The van der Waals surface area contributed by atoms with Crippen LogP contribution in [0.2, 0.25) is 0 Å². The van der Waals surface area contributed by atoms with Crippen molar-refractivity contribution in [1.29, 1.82) is 0 Å². The lowest BCUT2D eigenvalue weighted by atomic mass is 10.1. The van der Waals surface area contributed by atoms with Gasteiger partial charge in [-0.3, -0.25) is 4.79 Å². The van der Waals surface area contributed by atoms with Crippen molar-refractivity contribution in [2.75, 3.05) is 30.4 Å². The topological polar surface area (TPSA) is 93.4 Å². The van der Waals surface area contributed by atoms with Gasteiger partial charge < -0.3 is 20.7 Å². The Labute approximate surface area is 175 Å². The van der Waals surface area contributed by atoms with Gasteiger partial charge in [-0.05, 0) is 55.8 Å². The van der Waals surface area contributed by atoms with E-state index in [0.717, 1.165) is 36.5 Å². The summed E-state index contributed by atoms with van der Waals surface area (Å²) in [5, 5.41) is 3.25. The first-order chi connectivity index (χ1) is 14.5. The lowest BCUT2D eigenvalue weighted by Crippen LogP contribution is -2.31. The van der Waals surface area contributed by atoms with Crippen molar-refractivity contribution in [1.82, 2.24) is 9.97 Å². The third kappa shape index (κ3) is 4.26. The van der Waals surface area contributed by atoms with Crippen molar-refractivity contribution in [3.8, 4) is 11.3 Å². The molecule has 1 aromatic heterocycles. The van der Waals surface area contributed by atoms with Gasteiger partial charge in [0.15, 0.2) is 0 Å². The monoisotopic (exact) mass is 403 g/mol. The number of nitrogens with two attached hydrogens (primary N) is 1. The van der Waals surface area contributed by atoms with Crippen molar-refractivity contribution in [2.45, 2.75) is 18.9 Å². The summed E-state index contributed by atoms with van der Waals surface area (Å²) in [6.07, 6.45) is 2.72. The number of anilines is 3. The molecule has 3 N–H and O–H groups in total. The zero-order valence-corrected chi connectivity index (χ0v) is 17.1. The van der Waals surface area contributed by atoms with Crippen molar-refractivity contribution in [2.24, 2.45) is 5.73 Å². The van der Waals surface area contributed by atoms with Crippen LogP contribution in [0.3, 0.4) is 0 Å². The third-order valence-electron chi connectivity index (χ3n) is 5.54. The molecule has 1 amide bonds. The largest absolute Gasteiger partial charge is 0.377 e. The van der Waals surface area contributed by atoms with Gasteiger partial charge in [-0.1, -0.05) is 12.1 Å². The highest BCUT2D eigenvalue weighted by molar-refractivity contribution is 5.93. The van der Waals surface area contributed by atoms with E-state index in [0.29, 0.717) is 11.5 Å². The van der Waals surface area contributed by atoms with E-state index in [4.69, 9.17) is 10.5 Å². The summed E-state index contributed by atoms with van der Waals surface area (Å²) in [4.78, 5) is 22.5. The average Bonchev–Trinajstić information content (AvgIpc) is 3.17. The summed E-state index contributed by atoms with van der Waals surface area (Å²) in [6.45, 7) is 4.02. The summed E-state index contributed by atoms with van der Waals surface area (Å²) in [5.41, 5.74) is 9.41. The molecule has 3 aromatic rings. The molecule has 7 nitrogen and oxygen atoms in total. The Kier molecular flexibility index (Phi) is 5.37. The fourth-order valence-corrected chi connectivity index (χ4v) is 3.59. The Morgan fingerprint density at radius 3 is 2.50 bits per heavy atom. The molecule has 2 heterocycles. The predicted molar refractivity (Wildman–Crippen MR) is 118 cm³/mol. The minimum Gasteiger partial charge on any atom is -0.377 e. The van der Waals surface area contributed by atoms with Crippen LogP contribution in [0, 0.1) is 0 Å². The smallest absolute Gasteiger partial charge is 0.248 e. The number of nitrogens with zero attached hydrogens (tertiary/aromatic N) is 3. The SMILES string of the molecule is COC1(C)CCN(c2ccc(Nc3nccc(-c4ccc(C(N)=O)cc4)n3)cc2)C1. The zero-order valence-electron chi connectivity index (χ0n) is 17.1. The van der Waals surface area contributed by atoms with E-state index >= 15 is 0 Å². The third-order valence-corrected chi connectivity index (χ3v) is 5.54. The van der Waals surface area contributed by atoms with E-state index in [9.17, 15) is 4.79 Å². The maximum atomic E-state index is 11.2. The number of carbonyl (C=O) groups excluding carboxylic acids is 1. The van der Waals surface area contributed by atoms with Crippen LogP contribution in [0.1, 0.15) is 23.7 Å². The highest BCUT2D eigenvalue weighted by Crippen LogP contribution is 2.30.